The van der Waals surface area contributed by atoms with E-state index in [9.17, 15) is 14.4 Å². The van der Waals surface area contributed by atoms with Crippen molar-refractivity contribution in [2.45, 2.75) is 19.5 Å². The van der Waals surface area contributed by atoms with Crippen LogP contribution >= 0.6 is 23.8 Å². The summed E-state index contributed by atoms with van der Waals surface area (Å²) in [5.41, 5.74) is 1.34. The van der Waals surface area contributed by atoms with Crippen LogP contribution in [-0.2, 0) is 22.6 Å². The molecule has 0 radical (unpaired) electrons. The van der Waals surface area contributed by atoms with E-state index in [1.165, 1.54) is 29.9 Å². The van der Waals surface area contributed by atoms with Crippen molar-refractivity contribution in [3.63, 3.8) is 0 Å². The van der Waals surface area contributed by atoms with E-state index in [-0.39, 0.29) is 29.2 Å². The lowest BCUT2D eigenvalue weighted by atomic mass is 10.1. The van der Waals surface area contributed by atoms with Gasteiger partial charge in [-0.15, -0.1) is 0 Å². The fraction of sp³-hybridized carbons (Fsp3) is 0.200. The first kappa shape index (κ1) is 20.8. The van der Waals surface area contributed by atoms with Gasteiger partial charge in [0.25, 0.3) is 5.56 Å². The van der Waals surface area contributed by atoms with E-state index >= 15 is 0 Å². The molecule has 0 unspecified atom stereocenters. The molecule has 0 fully saturated rings. The summed E-state index contributed by atoms with van der Waals surface area (Å²) in [6.07, 6.45) is 0.0940. The van der Waals surface area contributed by atoms with Crippen molar-refractivity contribution in [2.24, 2.45) is 0 Å². The topological polar surface area (TPSA) is 93.2 Å². The molecular weight excluding hydrogens is 414 g/mol. The number of benzene rings is 2. The molecule has 0 bridgehead atoms. The van der Waals surface area contributed by atoms with Gasteiger partial charge in [0.05, 0.1) is 23.6 Å². The molecule has 3 rings (SSSR count). The molecule has 1 aromatic heterocycles. The van der Waals surface area contributed by atoms with Crippen LogP contribution in [0.25, 0.3) is 10.9 Å². The number of halogens is 1. The van der Waals surface area contributed by atoms with E-state index in [4.69, 9.17) is 23.8 Å². The predicted molar refractivity (Wildman–Crippen MR) is 113 cm³/mol. The first-order valence-corrected chi connectivity index (χ1v) is 9.54. The Hall–Kier alpha value is -2.97. The van der Waals surface area contributed by atoms with E-state index in [2.05, 4.69) is 15.0 Å². The second kappa shape index (κ2) is 9.02. The predicted octanol–water partition coefficient (Wildman–Crippen LogP) is 3.21. The summed E-state index contributed by atoms with van der Waals surface area (Å²) >= 11 is 11.1. The number of amides is 1. The minimum absolute atomic E-state index is 0.0940. The quantitative estimate of drug-likeness (QED) is 0.461. The molecule has 1 heterocycles. The lowest BCUT2D eigenvalue weighted by molar-refractivity contribution is -0.121. The molecule has 9 heteroatoms. The summed E-state index contributed by atoms with van der Waals surface area (Å²) in [5.74, 6) is -0.713. The van der Waals surface area contributed by atoms with Crippen LogP contribution in [0.15, 0.2) is 47.3 Å². The van der Waals surface area contributed by atoms with Crippen LogP contribution in [0.4, 0.5) is 0 Å². The number of nitrogens with zero attached hydrogens (tertiary/aromatic N) is 1. The summed E-state index contributed by atoms with van der Waals surface area (Å²) in [6, 6.07) is 11.7. The van der Waals surface area contributed by atoms with E-state index in [0.29, 0.717) is 28.0 Å². The van der Waals surface area contributed by atoms with Crippen molar-refractivity contribution in [1.29, 1.82) is 0 Å². The Bertz CT molecular complexity index is 1190. The van der Waals surface area contributed by atoms with Crippen molar-refractivity contribution >= 4 is 46.6 Å². The SMILES string of the molecule is COC(=O)c1ccc2c(=O)n(CCC(=O)NCc3ccc(Cl)cc3)c(=S)[nH]c2c1. The van der Waals surface area contributed by atoms with Crippen molar-refractivity contribution in [1.82, 2.24) is 14.9 Å². The van der Waals surface area contributed by atoms with Crippen LogP contribution < -0.4 is 10.9 Å². The summed E-state index contributed by atoms with van der Waals surface area (Å²) in [4.78, 5) is 39.5. The second-order valence-electron chi connectivity index (χ2n) is 6.29. The Kier molecular flexibility index (Phi) is 6.46. The van der Waals surface area contributed by atoms with Crippen LogP contribution in [0.2, 0.25) is 5.02 Å². The zero-order chi connectivity index (χ0) is 21.0. The number of hydrogen-bond donors (Lipinski definition) is 2. The van der Waals surface area contributed by atoms with Gasteiger partial charge in [0.15, 0.2) is 4.77 Å². The average molecular weight is 432 g/mol. The van der Waals surface area contributed by atoms with Gasteiger partial charge < -0.3 is 15.0 Å². The van der Waals surface area contributed by atoms with E-state index in [0.717, 1.165) is 5.56 Å². The molecule has 29 heavy (non-hydrogen) atoms. The first-order valence-electron chi connectivity index (χ1n) is 8.75. The number of aromatic amines is 1. The van der Waals surface area contributed by atoms with Crippen LogP contribution in [0, 0.1) is 4.77 Å². The normalized spacial score (nSPS) is 10.7. The molecule has 7 nitrogen and oxygen atoms in total. The third kappa shape index (κ3) is 4.90. The number of rotatable bonds is 6. The Labute approximate surface area is 176 Å². The van der Waals surface area contributed by atoms with Crippen LogP contribution in [0.1, 0.15) is 22.3 Å². The third-order valence-corrected chi connectivity index (χ3v) is 4.94. The van der Waals surface area contributed by atoms with Gasteiger partial charge in [0.2, 0.25) is 5.91 Å². The third-order valence-electron chi connectivity index (χ3n) is 4.37. The monoisotopic (exact) mass is 431 g/mol. The van der Waals surface area contributed by atoms with E-state index < -0.39 is 5.97 Å². The summed E-state index contributed by atoms with van der Waals surface area (Å²) in [5, 5.41) is 3.79. The average Bonchev–Trinajstić information content (AvgIpc) is 2.72. The maximum absolute atomic E-state index is 12.7. The van der Waals surface area contributed by atoms with Crippen LogP contribution in [-0.4, -0.2) is 28.5 Å². The molecule has 0 aliphatic carbocycles. The molecule has 0 saturated heterocycles. The van der Waals surface area contributed by atoms with Gasteiger partial charge >= 0.3 is 5.97 Å². The number of carbonyl (C=O) groups excluding carboxylic acids is 2. The number of H-pyrrole nitrogens is 1. The van der Waals surface area contributed by atoms with Gasteiger partial charge in [-0.25, -0.2) is 4.79 Å². The lowest BCUT2D eigenvalue weighted by Crippen LogP contribution is -2.28. The number of ether oxygens (including phenoxy) is 1. The Morgan fingerprint density at radius 2 is 1.93 bits per heavy atom. The smallest absolute Gasteiger partial charge is 0.337 e. The van der Waals surface area contributed by atoms with E-state index in [1.807, 2.05) is 12.1 Å². The van der Waals surface area contributed by atoms with Crippen molar-refractivity contribution < 1.29 is 14.3 Å². The number of hydrogen-bond acceptors (Lipinski definition) is 5. The standard InChI is InChI=1S/C20H18ClN3O4S/c1-28-19(27)13-4-7-15-16(10-13)23-20(29)24(18(15)26)9-8-17(25)22-11-12-2-5-14(21)6-3-12/h2-7,10H,8-9,11H2,1H3,(H,22,25)(H,23,29). The van der Waals surface area contributed by atoms with Crippen LogP contribution in [0.3, 0.4) is 0 Å². The summed E-state index contributed by atoms with van der Waals surface area (Å²) in [7, 11) is 1.28. The minimum atomic E-state index is -0.507. The van der Waals surface area contributed by atoms with Crippen LogP contribution in [0.5, 0.6) is 0 Å². The maximum atomic E-state index is 12.7. The molecule has 2 N–H and O–H groups in total. The zero-order valence-corrected chi connectivity index (χ0v) is 17.1. The number of nitrogens with one attached hydrogen (secondary N) is 2. The van der Waals surface area contributed by atoms with E-state index in [1.54, 1.807) is 12.1 Å². The molecule has 0 atom stereocenters. The highest BCUT2D eigenvalue weighted by atomic mass is 35.5. The maximum Gasteiger partial charge on any atom is 0.337 e. The largest absolute Gasteiger partial charge is 0.465 e. The molecule has 2 aromatic carbocycles. The van der Waals surface area contributed by atoms with Crippen molar-refractivity contribution in [3.8, 4) is 0 Å². The fourth-order valence-electron chi connectivity index (χ4n) is 2.81. The lowest BCUT2D eigenvalue weighted by Gasteiger charge is -2.09. The molecule has 0 spiro atoms. The highest BCUT2D eigenvalue weighted by Gasteiger charge is 2.11. The number of methoxy groups -OCH3 is 1. The molecule has 150 valence electrons. The van der Waals surface area contributed by atoms with Gasteiger partial charge in [0.1, 0.15) is 0 Å². The molecule has 0 aliphatic rings. The van der Waals surface area contributed by atoms with Gasteiger partial charge in [0, 0.05) is 24.5 Å². The van der Waals surface area contributed by atoms with Gasteiger partial charge in [-0.3, -0.25) is 14.2 Å². The zero-order valence-electron chi connectivity index (χ0n) is 15.5. The Balaban J connectivity index is 1.71. The van der Waals surface area contributed by atoms with Gasteiger partial charge in [-0.1, -0.05) is 23.7 Å². The first-order chi connectivity index (χ1) is 13.9. The molecule has 3 aromatic rings. The highest BCUT2D eigenvalue weighted by Crippen LogP contribution is 2.12. The minimum Gasteiger partial charge on any atom is -0.465 e. The van der Waals surface area contributed by atoms with Crippen molar-refractivity contribution in [2.75, 3.05) is 7.11 Å². The molecule has 0 aliphatic heterocycles. The summed E-state index contributed by atoms with van der Waals surface area (Å²) < 4.78 is 6.19. The van der Waals surface area contributed by atoms with Crippen molar-refractivity contribution in [3.05, 3.63) is 73.7 Å². The molecular formula is C20H18ClN3O4S. The summed E-state index contributed by atoms with van der Waals surface area (Å²) in [6.45, 7) is 0.501. The number of aromatic nitrogens is 2. The number of esters is 1. The van der Waals surface area contributed by atoms with Gasteiger partial charge in [-0.2, -0.15) is 0 Å². The number of fused-ring (bicyclic) bond motifs is 1. The highest BCUT2D eigenvalue weighted by molar-refractivity contribution is 7.71. The fourth-order valence-corrected chi connectivity index (χ4v) is 3.22. The Morgan fingerprint density at radius 1 is 1.21 bits per heavy atom. The Morgan fingerprint density at radius 3 is 2.62 bits per heavy atom. The molecule has 1 amide bonds. The number of carbonyl (C=O) groups is 2. The second-order valence-corrected chi connectivity index (χ2v) is 7.12. The molecule has 0 saturated carbocycles. The van der Waals surface area contributed by atoms with Gasteiger partial charge in [-0.05, 0) is 48.1 Å².